The van der Waals surface area contributed by atoms with Gasteiger partial charge in [-0.15, -0.1) is 0 Å². The number of fused-ring (bicyclic) bond motifs is 1. The predicted octanol–water partition coefficient (Wildman–Crippen LogP) is 0.354. The molecule has 2 fully saturated rings. The van der Waals surface area contributed by atoms with Gasteiger partial charge < -0.3 is 0 Å². The highest BCUT2D eigenvalue weighted by atomic mass is 15.5. The SMILES string of the molecule is CCCN1CCN2CC12. The third-order valence-electron chi connectivity index (χ3n) is 2.29. The molecule has 0 aliphatic carbocycles. The summed E-state index contributed by atoms with van der Waals surface area (Å²) in [4.78, 5) is 5.11. The topological polar surface area (TPSA) is 6.25 Å². The highest BCUT2D eigenvalue weighted by Gasteiger charge is 2.43. The van der Waals surface area contributed by atoms with E-state index in [1.54, 1.807) is 0 Å². The number of hydrogen-bond acceptors (Lipinski definition) is 2. The van der Waals surface area contributed by atoms with Crippen LogP contribution in [0.5, 0.6) is 0 Å². The van der Waals surface area contributed by atoms with Crippen LogP contribution in [0.2, 0.25) is 0 Å². The van der Waals surface area contributed by atoms with Gasteiger partial charge in [0, 0.05) is 19.6 Å². The Morgan fingerprint density at radius 1 is 1.44 bits per heavy atom. The van der Waals surface area contributed by atoms with Gasteiger partial charge in [-0.25, -0.2) is 0 Å². The van der Waals surface area contributed by atoms with Crippen LogP contribution in [0, 0.1) is 0 Å². The number of nitrogens with zero attached hydrogens (tertiary/aromatic N) is 2. The third kappa shape index (κ3) is 0.864. The van der Waals surface area contributed by atoms with E-state index in [1.165, 1.54) is 32.6 Å². The number of rotatable bonds is 2. The van der Waals surface area contributed by atoms with Gasteiger partial charge in [0.05, 0.1) is 6.17 Å². The zero-order valence-corrected chi connectivity index (χ0v) is 6.01. The largest absolute Gasteiger partial charge is 0.286 e. The molecule has 0 radical (unpaired) electrons. The third-order valence-corrected chi connectivity index (χ3v) is 2.29. The summed E-state index contributed by atoms with van der Waals surface area (Å²) in [7, 11) is 0. The lowest BCUT2D eigenvalue weighted by Gasteiger charge is -2.13. The summed E-state index contributed by atoms with van der Waals surface area (Å²) in [6, 6.07) is 0. The molecule has 0 N–H and O–H groups in total. The lowest BCUT2D eigenvalue weighted by molar-refractivity contribution is 0.304. The van der Waals surface area contributed by atoms with E-state index < -0.39 is 0 Å². The van der Waals surface area contributed by atoms with Crippen LogP contribution in [0.4, 0.5) is 0 Å². The van der Waals surface area contributed by atoms with Crippen LogP contribution in [0.1, 0.15) is 13.3 Å². The monoisotopic (exact) mass is 126 g/mol. The van der Waals surface area contributed by atoms with Crippen LogP contribution in [-0.4, -0.2) is 42.1 Å². The first-order chi connectivity index (χ1) is 4.42. The van der Waals surface area contributed by atoms with Crippen molar-refractivity contribution in [2.24, 2.45) is 0 Å². The first-order valence-electron chi connectivity index (χ1n) is 3.90. The first kappa shape index (κ1) is 5.69. The van der Waals surface area contributed by atoms with Crippen LogP contribution < -0.4 is 0 Å². The van der Waals surface area contributed by atoms with E-state index >= 15 is 0 Å². The standard InChI is InChI=1S/C7H14N2/c1-2-3-8-4-5-9-6-7(8)9/h7H,2-6H2,1H3. The minimum absolute atomic E-state index is 0.866. The zero-order valence-electron chi connectivity index (χ0n) is 6.01. The molecule has 2 atom stereocenters. The molecule has 0 aromatic carbocycles. The molecule has 2 heteroatoms. The van der Waals surface area contributed by atoms with E-state index in [4.69, 9.17) is 0 Å². The predicted molar refractivity (Wildman–Crippen MR) is 37.2 cm³/mol. The van der Waals surface area contributed by atoms with Gasteiger partial charge in [0.1, 0.15) is 0 Å². The minimum Gasteiger partial charge on any atom is -0.286 e. The van der Waals surface area contributed by atoms with Crippen molar-refractivity contribution < 1.29 is 0 Å². The molecule has 2 rings (SSSR count). The van der Waals surface area contributed by atoms with E-state index in [0.717, 1.165) is 6.17 Å². The Morgan fingerprint density at radius 3 is 2.78 bits per heavy atom. The van der Waals surface area contributed by atoms with Gasteiger partial charge in [-0.3, -0.25) is 9.80 Å². The van der Waals surface area contributed by atoms with Crippen molar-refractivity contribution in [1.82, 2.24) is 9.80 Å². The summed E-state index contributed by atoms with van der Waals surface area (Å²) in [6.45, 7) is 7.55. The summed E-state index contributed by atoms with van der Waals surface area (Å²) < 4.78 is 0. The Morgan fingerprint density at radius 2 is 2.33 bits per heavy atom. The minimum atomic E-state index is 0.866. The average molecular weight is 126 g/mol. The molecule has 2 aliphatic heterocycles. The second-order valence-electron chi connectivity index (χ2n) is 3.01. The van der Waals surface area contributed by atoms with Gasteiger partial charge >= 0.3 is 0 Å². The molecule has 2 aliphatic rings. The summed E-state index contributed by atoms with van der Waals surface area (Å²) in [5.74, 6) is 0. The van der Waals surface area contributed by atoms with Crippen LogP contribution in [0.25, 0.3) is 0 Å². The van der Waals surface area contributed by atoms with Gasteiger partial charge in [0.15, 0.2) is 0 Å². The van der Waals surface area contributed by atoms with Gasteiger partial charge in [-0.05, 0) is 13.0 Å². The highest BCUT2D eigenvalue weighted by molar-refractivity contribution is 4.95. The number of hydrogen-bond donors (Lipinski definition) is 0. The molecule has 0 amide bonds. The molecule has 9 heavy (non-hydrogen) atoms. The van der Waals surface area contributed by atoms with Crippen LogP contribution >= 0.6 is 0 Å². The van der Waals surface area contributed by atoms with Crippen molar-refractivity contribution in [1.29, 1.82) is 0 Å². The van der Waals surface area contributed by atoms with Crippen LogP contribution in [0.3, 0.4) is 0 Å². The van der Waals surface area contributed by atoms with Gasteiger partial charge in [0.2, 0.25) is 0 Å². The lowest BCUT2D eigenvalue weighted by Crippen LogP contribution is -2.25. The Hall–Kier alpha value is -0.0800. The second kappa shape index (κ2) is 1.96. The molecule has 52 valence electrons. The fourth-order valence-corrected chi connectivity index (χ4v) is 1.70. The molecule has 2 saturated heterocycles. The van der Waals surface area contributed by atoms with Crippen molar-refractivity contribution in [3.63, 3.8) is 0 Å². The molecule has 2 heterocycles. The molecule has 0 aromatic rings. The maximum atomic E-state index is 2.58. The number of piperazine rings is 1. The Labute approximate surface area is 56.4 Å². The Bertz CT molecular complexity index is 113. The summed E-state index contributed by atoms with van der Waals surface area (Å²) in [5.41, 5.74) is 0. The van der Waals surface area contributed by atoms with Gasteiger partial charge in [-0.1, -0.05) is 6.92 Å². The van der Waals surface area contributed by atoms with E-state index in [0.29, 0.717) is 0 Å². The molecule has 0 aromatic heterocycles. The van der Waals surface area contributed by atoms with Gasteiger partial charge in [-0.2, -0.15) is 0 Å². The summed E-state index contributed by atoms with van der Waals surface area (Å²) in [5, 5.41) is 0. The summed E-state index contributed by atoms with van der Waals surface area (Å²) >= 11 is 0. The molecular formula is C7H14N2. The van der Waals surface area contributed by atoms with E-state index in [9.17, 15) is 0 Å². The van der Waals surface area contributed by atoms with Gasteiger partial charge in [0.25, 0.3) is 0 Å². The first-order valence-corrected chi connectivity index (χ1v) is 3.90. The fourth-order valence-electron chi connectivity index (χ4n) is 1.70. The highest BCUT2D eigenvalue weighted by Crippen LogP contribution is 2.26. The average Bonchev–Trinajstić information content (AvgIpc) is 2.54. The molecule has 2 unspecified atom stereocenters. The Kier molecular flexibility index (Phi) is 1.24. The van der Waals surface area contributed by atoms with Crippen molar-refractivity contribution in [2.75, 3.05) is 26.2 Å². The Balaban J connectivity index is 1.84. The quantitative estimate of drug-likeness (QED) is 0.493. The molecule has 2 nitrogen and oxygen atoms in total. The lowest BCUT2D eigenvalue weighted by atomic mass is 10.4. The van der Waals surface area contributed by atoms with Crippen molar-refractivity contribution in [3.8, 4) is 0 Å². The van der Waals surface area contributed by atoms with Crippen LogP contribution in [0.15, 0.2) is 0 Å². The van der Waals surface area contributed by atoms with Crippen molar-refractivity contribution in [3.05, 3.63) is 0 Å². The maximum Gasteiger partial charge on any atom is 0.0756 e. The van der Waals surface area contributed by atoms with E-state index in [1.807, 2.05) is 0 Å². The van der Waals surface area contributed by atoms with Crippen molar-refractivity contribution >= 4 is 0 Å². The second-order valence-corrected chi connectivity index (χ2v) is 3.01. The maximum absolute atomic E-state index is 2.58. The van der Waals surface area contributed by atoms with Crippen molar-refractivity contribution in [2.45, 2.75) is 19.5 Å². The fraction of sp³-hybridized carbons (Fsp3) is 1.00. The van der Waals surface area contributed by atoms with Crippen LogP contribution in [-0.2, 0) is 0 Å². The van der Waals surface area contributed by atoms with E-state index in [2.05, 4.69) is 16.7 Å². The zero-order chi connectivity index (χ0) is 6.27. The normalized spacial score (nSPS) is 41.0. The summed E-state index contributed by atoms with van der Waals surface area (Å²) in [6.07, 6.45) is 2.18. The molecule has 0 saturated carbocycles. The molecule has 0 bridgehead atoms. The molecular weight excluding hydrogens is 112 g/mol. The van der Waals surface area contributed by atoms with E-state index in [-0.39, 0.29) is 0 Å². The smallest absolute Gasteiger partial charge is 0.0756 e. The molecule has 0 spiro atoms.